The molecule has 4 nitrogen and oxygen atoms in total. The van der Waals surface area contributed by atoms with Crippen molar-refractivity contribution >= 4 is 5.91 Å². The molecule has 0 saturated carbocycles. The summed E-state index contributed by atoms with van der Waals surface area (Å²) in [5.41, 5.74) is 7.73. The molecule has 0 aliphatic carbocycles. The number of primary amides is 1. The van der Waals surface area contributed by atoms with Crippen LogP contribution in [-0.2, 0) is 6.54 Å². The molecule has 1 saturated heterocycles. The van der Waals surface area contributed by atoms with Gasteiger partial charge in [0.05, 0.1) is 6.10 Å². The molecule has 1 aliphatic heterocycles. The summed E-state index contributed by atoms with van der Waals surface area (Å²) < 4.78 is 13.1. The highest BCUT2D eigenvalue weighted by Gasteiger charge is 2.31. The second-order valence-electron chi connectivity index (χ2n) is 5.95. The van der Waals surface area contributed by atoms with Crippen LogP contribution >= 0.6 is 0 Å². The maximum atomic E-state index is 13.1. The van der Waals surface area contributed by atoms with Crippen LogP contribution in [-0.4, -0.2) is 28.6 Å². The zero-order chi connectivity index (χ0) is 16.4. The molecule has 3 N–H and O–H groups in total. The van der Waals surface area contributed by atoms with Crippen molar-refractivity contribution in [2.75, 3.05) is 6.54 Å². The van der Waals surface area contributed by atoms with Crippen molar-refractivity contribution in [3.8, 4) is 0 Å². The van der Waals surface area contributed by atoms with Gasteiger partial charge < -0.3 is 10.8 Å². The number of β-amino-alcohol motifs (C(OH)–C–C–N with tert-alkyl or cyclic N) is 1. The molecule has 1 amide bonds. The van der Waals surface area contributed by atoms with Gasteiger partial charge in [-0.3, -0.25) is 9.69 Å². The Labute approximate surface area is 134 Å². The number of likely N-dealkylation sites (tertiary alicyclic amines) is 1. The largest absolute Gasteiger partial charge is 0.392 e. The van der Waals surface area contributed by atoms with E-state index in [4.69, 9.17) is 5.73 Å². The third-order valence-corrected chi connectivity index (χ3v) is 4.23. The summed E-state index contributed by atoms with van der Waals surface area (Å²) >= 11 is 0. The van der Waals surface area contributed by atoms with E-state index in [1.807, 2.05) is 6.07 Å². The monoisotopic (exact) mass is 314 g/mol. The van der Waals surface area contributed by atoms with Crippen LogP contribution in [0.3, 0.4) is 0 Å². The van der Waals surface area contributed by atoms with Crippen LogP contribution in [0.2, 0.25) is 0 Å². The number of rotatable bonds is 4. The molecule has 0 radical (unpaired) electrons. The molecule has 1 fully saturated rings. The maximum Gasteiger partial charge on any atom is 0.248 e. The average molecular weight is 314 g/mol. The van der Waals surface area contributed by atoms with E-state index in [1.54, 1.807) is 30.3 Å². The molecular weight excluding hydrogens is 295 g/mol. The van der Waals surface area contributed by atoms with Crippen molar-refractivity contribution in [2.45, 2.75) is 25.1 Å². The highest BCUT2D eigenvalue weighted by atomic mass is 19.1. The van der Waals surface area contributed by atoms with Crippen LogP contribution in [0.1, 0.15) is 33.9 Å². The van der Waals surface area contributed by atoms with Gasteiger partial charge in [-0.25, -0.2) is 4.39 Å². The van der Waals surface area contributed by atoms with E-state index in [0.29, 0.717) is 25.1 Å². The second kappa shape index (κ2) is 6.48. The van der Waals surface area contributed by atoms with Crippen LogP contribution < -0.4 is 5.73 Å². The third kappa shape index (κ3) is 3.57. The third-order valence-electron chi connectivity index (χ3n) is 4.23. The van der Waals surface area contributed by atoms with Crippen molar-refractivity contribution in [1.82, 2.24) is 4.90 Å². The van der Waals surface area contributed by atoms with E-state index in [9.17, 15) is 14.3 Å². The Bertz CT molecular complexity index is 702. The molecule has 2 aromatic carbocycles. The van der Waals surface area contributed by atoms with Gasteiger partial charge in [0, 0.05) is 24.7 Å². The topological polar surface area (TPSA) is 66.6 Å². The fourth-order valence-corrected chi connectivity index (χ4v) is 3.14. The fourth-order valence-electron chi connectivity index (χ4n) is 3.14. The predicted octanol–water partition coefficient (Wildman–Crippen LogP) is 2.23. The SMILES string of the molecule is NC(=O)c1cccc(CN2C[C@@H](O)C[C@@H]2c2ccc(F)cc2)c1. The molecular formula is C18H19FN2O2. The Hall–Kier alpha value is -2.24. The van der Waals surface area contributed by atoms with E-state index in [2.05, 4.69) is 4.90 Å². The minimum Gasteiger partial charge on any atom is -0.392 e. The van der Waals surface area contributed by atoms with E-state index in [1.165, 1.54) is 12.1 Å². The van der Waals surface area contributed by atoms with Crippen molar-refractivity contribution in [2.24, 2.45) is 5.73 Å². The van der Waals surface area contributed by atoms with E-state index in [-0.39, 0.29) is 11.9 Å². The number of nitrogens with zero attached hydrogens (tertiary/aromatic N) is 1. The zero-order valence-electron chi connectivity index (χ0n) is 12.7. The predicted molar refractivity (Wildman–Crippen MR) is 85.1 cm³/mol. The van der Waals surface area contributed by atoms with E-state index >= 15 is 0 Å². The molecule has 0 spiro atoms. The summed E-state index contributed by atoms with van der Waals surface area (Å²) in [5, 5.41) is 10.0. The molecule has 0 unspecified atom stereocenters. The lowest BCUT2D eigenvalue weighted by atomic mass is 10.0. The van der Waals surface area contributed by atoms with Crippen LogP contribution in [0.25, 0.3) is 0 Å². The molecule has 120 valence electrons. The van der Waals surface area contributed by atoms with E-state index < -0.39 is 12.0 Å². The Morgan fingerprint density at radius 3 is 2.70 bits per heavy atom. The summed E-state index contributed by atoms with van der Waals surface area (Å²) in [7, 11) is 0. The Kier molecular flexibility index (Phi) is 4.41. The van der Waals surface area contributed by atoms with Gasteiger partial charge in [0.15, 0.2) is 0 Å². The first kappa shape index (κ1) is 15.6. The average Bonchev–Trinajstić information content (AvgIpc) is 2.89. The molecule has 1 heterocycles. The molecule has 2 atom stereocenters. The first-order valence-corrected chi connectivity index (χ1v) is 7.59. The summed E-state index contributed by atoms with van der Waals surface area (Å²) in [4.78, 5) is 13.4. The first-order chi connectivity index (χ1) is 11.0. The molecule has 2 aromatic rings. The standard InChI is InChI=1S/C18H19FN2O2/c19-15-6-4-13(5-7-15)17-9-16(22)11-21(17)10-12-2-1-3-14(8-12)18(20)23/h1-8,16-17,22H,9-11H2,(H2,20,23)/t16-,17+/m0/s1. The lowest BCUT2D eigenvalue weighted by Gasteiger charge is -2.24. The number of aliphatic hydroxyl groups is 1. The number of hydrogen-bond acceptors (Lipinski definition) is 3. The van der Waals surface area contributed by atoms with Gasteiger partial charge in [0.1, 0.15) is 5.82 Å². The number of amides is 1. The fraction of sp³-hybridized carbons (Fsp3) is 0.278. The first-order valence-electron chi connectivity index (χ1n) is 7.59. The molecule has 3 rings (SSSR count). The lowest BCUT2D eigenvalue weighted by molar-refractivity contribution is 0.1000. The van der Waals surface area contributed by atoms with Crippen molar-refractivity contribution < 1.29 is 14.3 Å². The van der Waals surface area contributed by atoms with Crippen molar-refractivity contribution in [3.63, 3.8) is 0 Å². The Morgan fingerprint density at radius 1 is 1.26 bits per heavy atom. The Balaban J connectivity index is 1.81. The van der Waals surface area contributed by atoms with Crippen LogP contribution in [0.4, 0.5) is 4.39 Å². The molecule has 1 aliphatic rings. The quantitative estimate of drug-likeness (QED) is 0.909. The molecule has 0 bridgehead atoms. The van der Waals surface area contributed by atoms with Crippen LogP contribution in [0.15, 0.2) is 48.5 Å². The van der Waals surface area contributed by atoms with E-state index in [0.717, 1.165) is 11.1 Å². The number of hydrogen-bond donors (Lipinski definition) is 2. The number of carbonyl (C=O) groups excluding carboxylic acids is 1. The van der Waals surface area contributed by atoms with Gasteiger partial charge in [-0.1, -0.05) is 24.3 Å². The highest BCUT2D eigenvalue weighted by molar-refractivity contribution is 5.92. The van der Waals surface area contributed by atoms with Gasteiger partial charge in [-0.05, 0) is 41.8 Å². The highest BCUT2D eigenvalue weighted by Crippen LogP contribution is 2.33. The number of nitrogens with two attached hydrogens (primary N) is 1. The van der Waals surface area contributed by atoms with Crippen LogP contribution in [0.5, 0.6) is 0 Å². The maximum absolute atomic E-state index is 13.1. The smallest absolute Gasteiger partial charge is 0.248 e. The summed E-state index contributed by atoms with van der Waals surface area (Å²) in [6, 6.07) is 13.6. The number of benzene rings is 2. The van der Waals surface area contributed by atoms with Gasteiger partial charge in [0.2, 0.25) is 5.91 Å². The van der Waals surface area contributed by atoms with Gasteiger partial charge in [-0.2, -0.15) is 0 Å². The van der Waals surface area contributed by atoms with Gasteiger partial charge >= 0.3 is 0 Å². The molecule has 0 aromatic heterocycles. The molecule has 23 heavy (non-hydrogen) atoms. The number of halogens is 1. The normalized spacial score (nSPS) is 21.5. The van der Waals surface area contributed by atoms with Gasteiger partial charge in [0.25, 0.3) is 0 Å². The minimum atomic E-state index is -0.455. The van der Waals surface area contributed by atoms with Crippen molar-refractivity contribution in [1.29, 1.82) is 0 Å². The Morgan fingerprint density at radius 2 is 2.00 bits per heavy atom. The summed E-state index contributed by atoms with van der Waals surface area (Å²) in [5.74, 6) is -0.726. The summed E-state index contributed by atoms with van der Waals surface area (Å²) in [6.45, 7) is 1.14. The van der Waals surface area contributed by atoms with Crippen molar-refractivity contribution in [3.05, 3.63) is 71.0 Å². The minimum absolute atomic E-state index is 0.0304. The second-order valence-corrected chi connectivity index (χ2v) is 5.95. The summed E-state index contributed by atoms with van der Waals surface area (Å²) in [6.07, 6.45) is 0.200. The zero-order valence-corrected chi connectivity index (χ0v) is 12.7. The lowest BCUT2D eigenvalue weighted by Crippen LogP contribution is -2.24. The number of aliphatic hydroxyl groups excluding tert-OH is 1. The van der Waals surface area contributed by atoms with Crippen LogP contribution in [0, 0.1) is 5.82 Å². The molecule has 5 heteroatoms. The van der Waals surface area contributed by atoms with Gasteiger partial charge in [-0.15, -0.1) is 0 Å². The number of carbonyl (C=O) groups is 1.